The molecule has 0 atom stereocenters. The summed E-state index contributed by atoms with van der Waals surface area (Å²) in [6.07, 6.45) is 3.54. The van der Waals surface area contributed by atoms with Crippen molar-refractivity contribution in [2.75, 3.05) is 20.3 Å². The second-order valence-corrected chi connectivity index (χ2v) is 4.47. The van der Waals surface area contributed by atoms with Crippen LogP contribution in [-0.4, -0.2) is 35.4 Å². The third kappa shape index (κ3) is 3.55. The molecule has 2 heterocycles. The van der Waals surface area contributed by atoms with Crippen molar-refractivity contribution in [1.82, 2.24) is 20.5 Å². The van der Waals surface area contributed by atoms with Gasteiger partial charge in [0.25, 0.3) is 0 Å². The van der Waals surface area contributed by atoms with Crippen LogP contribution in [0.2, 0.25) is 0 Å². The molecule has 17 heavy (non-hydrogen) atoms. The smallest absolute Gasteiger partial charge is 0.149 e. The standard InChI is InChI=1S/C11H14N4OS/c1-16-6-5-13-8-10-14-15-11(17-10)9-3-2-4-12-7-9/h2-4,7,13H,5-6,8H2,1H3. The summed E-state index contributed by atoms with van der Waals surface area (Å²) in [5.74, 6) is 0. The first-order chi connectivity index (χ1) is 8.40. The molecule has 2 aromatic rings. The Morgan fingerprint density at radius 2 is 2.35 bits per heavy atom. The zero-order valence-electron chi connectivity index (χ0n) is 9.59. The van der Waals surface area contributed by atoms with Crippen LogP contribution < -0.4 is 5.32 Å². The maximum atomic E-state index is 4.95. The maximum Gasteiger partial charge on any atom is 0.149 e. The fourth-order valence-electron chi connectivity index (χ4n) is 1.30. The molecule has 0 aromatic carbocycles. The Kier molecular flexibility index (Phi) is 4.54. The van der Waals surface area contributed by atoms with Gasteiger partial charge in [0.05, 0.1) is 6.61 Å². The molecule has 0 bridgehead atoms. The minimum atomic E-state index is 0.703. The number of ether oxygens (including phenoxy) is 1. The second kappa shape index (κ2) is 6.39. The van der Waals surface area contributed by atoms with Crippen molar-refractivity contribution in [3.63, 3.8) is 0 Å². The van der Waals surface area contributed by atoms with E-state index in [2.05, 4.69) is 20.5 Å². The van der Waals surface area contributed by atoms with Crippen LogP contribution in [0.1, 0.15) is 5.01 Å². The van der Waals surface area contributed by atoms with E-state index >= 15 is 0 Å². The van der Waals surface area contributed by atoms with Gasteiger partial charge in [-0.15, -0.1) is 10.2 Å². The van der Waals surface area contributed by atoms with Gasteiger partial charge in [-0.25, -0.2) is 0 Å². The minimum absolute atomic E-state index is 0.703. The highest BCUT2D eigenvalue weighted by molar-refractivity contribution is 7.14. The molecule has 0 aliphatic rings. The molecule has 0 radical (unpaired) electrons. The van der Waals surface area contributed by atoms with Crippen molar-refractivity contribution in [3.05, 3.63) is 29.5 Å². The zero-order valence-corrected chi connectivity index (χ0v) is 10.4. The van der Waals surface area contributed by atoms with E-state index in [0.29, 0.717) is 6.61 Å². The number of hydrogen-bond acceptors (Lipinski definition) is 6. The van der Waals surface area contributed by atoms with Gasteiger partial charge in [-0.1, -0.05) is 11.3 Å². The monoisotopic (exact) mass is 250 g/mol. The van der Waals surface area contributed by atoms with Gasteiger partial charge in [-0.2, -0.15) is 0 Å². The summed E-state index contributed by atoms with van der Waals surface area (Å²) in [4.78, 5) is 4.06. The molecule has 2 rings (SSSR count). The first-order valence-electron chi connectivity index (χ1n) is 5.32. The molecule has 1 N–H and O–H groups in total. The number of aromatic nitrogens is 3. The van der Waals surface area contributed by atoms with Crippen LogP contribution >= 0.6 is 11.3 Å². The van der Waals surface area contributed by atoms with Crippen LogP contribution in [-0.2, 0) is 11.3 Å². The minimum Gasteiger partial charge on any atom is -0.383 e. The zero-order chi connectivity index (χ0) is 11.9. The fourth-order valence-corrected chi connectivity index (χ4v) is 2.10. The third-order valence-electron chi connectivity index (χ3n) is 2.13. The summed E-state index contributed by atoms with van der Waals surface area (Å²) >= 11 is 1.58. The molecule has 0 saturated heterocycles. The Morgan fingerprint density at radius 3 is 3.12 bits per heavy atom. The Balaban J connectivity index is 1.92. The van der Waals surface area contributed by atoms with E-state index in [9.17, 15) is 0 Å². The molecule has 0 aliphatic carbocycles. The molecule has 0 saturated carbocycles. The fraction of sp³-hybridized carbons (Fsp3) is 0.364. The summed E-state index contributed by atoms with van der Waals surface area (Å²) in [6.45, 7) is 2.24. The van der Waals surface area contributed by atoms with E-state index < -0.39 is 0 Å². The first-order valence-corrected chi connectivity index (χ1v) is 6.14. The largest absolute Gasteiger partial charge is 0.383 e. The number of hydrogen-bond donors (Lipinski definition) is 1. The van der Waals surface area contributed by atoms with Crippen LogP contribution in [0, 0.1) is 0 Å². The Labute approximate surface area is 104 Å². The lowest BCUT2D eigenvalue weighted by atomic mass is 10.3. The quantitative estimate of drug-likeness (QED) is 0.784. The number of nitrogens with one attached hydrogen (secondary N) is 1. The van der Waals surface area contributed by atoms with Crippen LogP contribution in [0.4, 0.5) is 0 Å². The average molecular weight is 250 g/mol. The van der Waals surface area contributed by atoms with Gasteiger partial charge in [-0.3, -0.25) is 4.98 Å². The first kappa shape index (κ1) is 12.1. The lowest BCUT2D eigenvalue weighted by Crippen LogP contribution is -2.18. The molecular weight excluding hydrogens is 236 g/mol. The molecular formula is C11H14N4OS. The van der Waals surface area contributed by atoms with Gasteiger partial charge in [-0.05, 0) is 12.1 Å². The predicted octanol–water partition coefficient (Wildman–Crippen LogP) is 1.34. The normalized spacial score (nSPS) is 10.6. The lowest BCUT2D eigenvalue weighted by molar-refractivity contribution is 0.199. The Hall–Kier alpha value is -1.37. The van der Waals surface area contributed by atoms with Crippen molar-refractivity contribution >= 4 is 11.3 Å². The predicted molar refractivity (Wildman–Crippen MR) is 66.7 cm³/mol. The van der Waals surface area contributed by atoms with Gasteiger partial charge in [0.15, 0.2) is 0 Å². The summed E-state index contributed by atoms with van der Waals surface area (Å²) < 4.78 is 4.95. The van der Waals surface area contributed by atoms with Crippen LogP contribution in [0.5, 0.6) is 0 Å². The van der Waals surface area contributed by atoms with Crippen molar-refractivity contribution in [1.29, 1.82) is 0 Å². The topological polar surface area (TPSA) is 59.9 Å². The number of nitrogens with zero attached hydrogens (tertiary/aromatic N) is 3. The number of methoxy groups -OCH3 is 1. The van der Waals surface area contributed by atoms with Crippen molar-refractivity contribution in [2.24, 2.45) is 0 Å². The summed E-state index contributed by atoms with van der Waals surface area (Å²) in [7, 11) is 1.69. The average Bonchev–Trinajstić information content (AvgIpc) is 2.85. The molecule has 2 aromatic heterocycles. The summed E-state index contributed by atoms with van der Waals surface area (Å²) in [5.41, 5.74) is 1.01. The van der Waals surface area contributed by atoms with Gasteiger partial charge >= 0.3 is 0 Å². The molecule has 5 nitrogen and oxygen atoms in total. The highest BCUT2D eigenvalue weighted by atomic mass is 32.1. The van der Waals surface area contributed by atoms with Crippen LogP contribution in [0.25, 0.3) is 10.6 Å². The third-order valence-corrected chi connectivity index (χ3v) is 3.11. The maximum absolute atomic E-state index is 4.95. The van der Waals surface area contributed by atoms with Crippen molar-refractivity contribution in [3.8, 4) is 10.6 Å². The van der Waals surface area contributed by atoms with E-state index in [-0.39, 0.29) is 0 Å². The van der Waals surface area contributed by atoms with Crippen molar-refractivity contribution < 1.29 is 4.74 Å². The van der Waals surface area contributed by atoms with Gasteiger partial charge < -0.3 is 10.1 Å². The van der Waals surface area contributed by atoms with E-state index in [1.807, 2.05) is 12.1 Å². The summed E-state index contributed by atoms with van der Waals surface area (Å²) in [5, 5.41) is 13.4. The summed E-state index contributed by atoms with van der Waals surface area (Å²) in [6, 6.07) is 3.88. The SMILES string of the molecule is COCCNCc1nnc(-c2cccnc2)s1. The van der Waals surface area contributed by atoms with Crippen molar-refractivity contribution in [2.45, 2.75) is 6.54 Å². The molecule has 90 valence electrons. The molecule has 0 aliphatic heterocycles. The molecule has 0 fully saturated rings. The van der Waals surface area contributed by atoms with E-state index in [4.69, 9.17) is 4.74 Å². The molecule has 0 spiro atoms. The van der Waals surface area contributed by atoms with Gasteiger partial charge in [0, 0.05) is 38.2 Å². The highest BCUT2D eigenvalue weighted by Gasteiger charge is 2.05. The Morgan fingerprint density at radius 1 is 1.41 bits per heavy atom. The Bertz CT molecular complexity index is 446. The second-order valence-electron chi connectivity index (χ2n) is 3.41. The number of rotatable bonds is 6. The van der Waals surface area contributed by atoms with Crippen LogP contribution in [0.3, 0.4) is 0 Å². The van der Waals surface area contributed by atoms with E-state index in [1.165, 1.54) is 0 Å². The lowest BCUT2D eigenvalue weighted by Gasteiger charge is -1.99. The molecule has 0 unspecified atom stereocenters. The van der Waals surface area contributed by atoms with E-state index in [0.717, 1.165) is 28.7 Å². The highest BCUT2D eigenvalue weighted by Crippen LogP contribution is 2.21. The van der Waals surface area contributed by atoms with Crippen LogP contribution in [0.15, 0.2) is 24.5 Å². The number of pyridine rings is 1. The van der Waals surface area contributed by atoms with Gasteiger partial charge in [0.1, 0.15) is 10.0 Å². The van der Waals surface area contributed by atoms with Gasteiger partial charge in [0.2, 0.25) is 0 Å². The van der Waals surface area contributed by atoms with E-state index in [1.54, 1.807) is 30.8 Å². The molecule has 6 heteroatoms. The molecule has 0 amide bonds.